The van der Waals surface area contributed by atoms with E-state index in [9.17, 15) is 0 Å². The average Bonchev–Trinajstić information content (AvgIpc) is 2.41. The van der Waals surface area contributed by atoms with Gasteiger partial charge in [-0.05, 0) is 55.8 Å². The van der Waals surface area contributed by atoms with Gasteiger partial charge in [-0.15, -0.1) is 0 Å². The first-order chi connectivity index (χ1) is 9.63. The Morgan fingerprint density at radius 2 is 1.80 bits per heavy atom. The molecule has 0 aliphatic rings. The van der Waals surface area contributed by atoms with E-state index in [1.165, 1.54) is 43.2 Å². The van der Waals surface area contributed by atoms with E-state index in [0.29, 0.717) is 0 Å². The van der Waals surface area contributed by atoms with Crippen molar-refractivity contribution in [3.63, 3.8) is 0 Å². The Balaban J connectivity index is 2.50. The molecule has 114 valence electrons. The summed E-state index contributed by atoms with van der Waals surface area (Å²) in [6, 6.07) is 8.85. The molecule has 1 heteroatoms. The van der Waals surface area contributed by atoms with Gasteiger partial charge in [0.15, 0.2) is 0 Å². The molecule has 0 fully saturated rings. The molecule has 0 saturated carbocycles. The van der Waals surface area contributed by atoms with Crippen molar-refractivity contribution in [3.05, 3.63) is 35.4 Å². The predicted molar refractivity (Wildman–Crippen MR) is 90.2 cm³/mol. The minimum absolute atomic E-state index is 0.741. The number of benzene rings is 1. The average molecular weight is 275 g/mol. The maximum Gasteiger partial charge on any atom is -0.00172 e. The lowest BCUT2D eigenvalue weighted by molar-refractivity contribution is 0.409. The molecule has 0 saturated heterocycles. The van der Waals surface area contributed by atoms with Gasteiger partial charge in [-0.2, -0.15) is 0 Å². The Morgan fingerprint density at radius 1 is 1.05 bits per heavy atom. The summed E-state index contributed by atoms with van der Waals surface area (Å²) in [5.74, 6) is 1.52. The molecule has 1 N–H and O–H groups in total. The van der Waals surface area contributed by atoms with E-state index < -0.39 is 0 Å². The van der Waals surface area contributed by atoms with Gasteiger partial charge in [0.1, 0.15) is 0 Å². The summed E-state index contributed by atoms with van der Waals surface area (Å²) >= 11 is 0. The molecule has 0 heterocycles. The van der Waals surface area contributed by atoms with Crippen LogP contribution in [0.3, 0.4) is 0 Å². The maximum atomic E-state index is 3.65. The summed E-state index contributed by atoms with van der Waals surface area (Å²) in [5.41, 5.74) is 2.97. The third-order valence-corrected chi connectivity index (χ3v) is 3.97. The normalized spacial score (nSPS) is 12.8. The van der Waals surface area contributed by atoms with Gasteiger partial charge in [0.05, 0.1) is 0 Å². The summed E-state index contributed by atoms with van der Waals surface area (Å²) in [6.07, 6.45) is 6.64. The lowest BCUT2D eigenvalue weighted by Crippen LogP contribution is -2.27. The van der Waals surface area contributed by atoms with Gasteiger partial charge in [-0.3, -0.25) is 0 Å². The number of nitrogens with one attached hydrogen (secondary N) is 1. The number of hydrogen-bond donors (Lipinski definition) is 1. The fourth-order valence-electron chi connectivity index (χ4n) is 2.69. The van der Waals surface area contributed by atoms with Gasteiger partial charge in [0.2, 0.25) is 0 Å². The van der Waals surface area contributed by atoms with Crippen molar-refractivity contribution in [2.45, 2.75) is 59.8 Å². The van der Waals surface area contributed by atoms with Gasteiger partial charge in [0.25, 0.3) is 0 Å². The van der Waals surface area contributed by atoms with E-state index in [-0.39, 0.29) is 0 Å². The van der Waals surface area contributed by atoms with Gasteiger partial charge in [0, 0.05) is 0 Å². The van der Waals surface area contributed by atoms with E-state index in [1.807, 2.05) is 0 Å². The van der Waals surface area contributed by atoms with E-state index >= 15 is 0 Å². The number of unbranched alkanes of at least 4 members (excludes halogenated alkanes) is 2. The highest BCUT2D eigenvalue weighted by Crippen LogP contribution is 2.18. The lowest BCUT2D eigenvalue weighted by atomic mass is 9.91. The summed E-state index contributed by atoms with van der Waals surface area (Å²) in [5, 5.41) is 3.65. The highest BCUT2D eigenvalue weighted by atomic mass is 14.9. The molecule has 0 aromatic heterocycles. The SMILES string of the molecule is CCCCCC(CNCC(C)C)Cc1ccccc1C. The van der Waals surface area contributed by atoms with E-state index in [4.69, 9.17) is 0 Å². The second kappa shape index (κ2) is 9.99. The number of rotatable bonds is 10. The molecule has 0 aliphatic carbocycles. The molecular formula is C19H33N. The standard InChI is InChI=1S/C19H33N/c1-5-6-7-11-18(15-20-14-16(2)3)13-19-12-9-8-10-17(19)4/h8-10,12,16,18,20H,5-7,11,13-15H2,1-4H3. The van der Waals surface area contributed by atoms with Crippen molar-refractivity contribution < 1.29 is 0 Å². The summed E-state index contributed by atoms with van der Waals surface area (Å²) in [4.78, 5) is 0. The van der Waals surface area contributed by atoms with Crippen LogP contribution in [0.15, 0.2) is 24.3 Å². The zero-order valence-electron chi connectivity index (χ0n) is 13.9. The molecule has 1 aromatic rings. The van der Waals surface area contributed by atoms with Crippen LogP contribution in [-0.2, 0) is 6.42 Å². The Bertz CT molecular complexity index is 357. The predicted octanol–water partition coefficient (Wildman–Crippen LogP) is 4.98. The Hall–Kier alpha value is -0.820. The van der Waals surface area contributed by atoms with Crippen LogP contribution in [0, 0.1) is 18.8 Å². The third kappa shape index (κ3) is 7.09. The second-order valence-corrected chi connectivity index (χ2v) is 6.54. The van der Waals surface area contributed by atoms with Gasteiger partial charge < -0.3 is 5.32 Å². The van der Waals surface area contributed by atoms with Crippen LogP contribution in [-0.4, -0.2) is 13.1 Å². The summed E-state index contributed by atoms with van der Waals surface area (Å²) in [6.45, 7) is 11.4. The highest BCUT2D eigenvalue weighted by molar-refractivity contribution is 5.25. The van der Waals surface area contributed by atoms with Crippen LogP contribution < -0.4 is 5.32 Å². The Kier molecular flexibility index (Phi) is 8.60. The Labute approximate surface area is 126 Å². The molecule has 1 rings (SSSR count). The molecule has 1 atom stereocenters. The van der Waals surface area contributed by atoms with Crippen molar-refractivity contribution in [1.82, 2.24) is 5.32 Å². The summed E-state index contributed by atoms with van der Waals surface area (Å²) < 4.78 is 0. The molecule has 0 spiro atoms. The second-order valence-electron chi connectivity index (χ2n) is 6.54. The minimum atomic E-state index is 0.741. The van der Waals surface area contributed by atoms with E-state index in [1.54, 1.807) is 0 Å². The molecule has 1 unspecified atom stereocenters. The van der Waals surface area contributed by atoms with Crippen molar-refractivity contribution in [3.8, 4) is 0 Å². The molecule has 20 heavy (non-hydrogen) atoms. The molecule has 0 bridgehead atoms. The van der Waals surface area contributed by atoms with Crippen LogP contribution in [0.5, 0.6) is 0 Å². The highest BCUT2D eigenvalue weighted by Gasteiger charge is 2.11. The van der Waals surface area contributed by atoms with Crippen LogP contribution in [0.4, 0.5) is 0 Å². The van der Waals surface area contributed by atoms with Crippen molar-refractivity contribution >= 4 is 0 Å². The topological polar surface area (TPSA) is 12.0 Å². The van der Waals surface area contributed by atoms with Crippen LogP contribution in [0.25, 0.3) is 0 Å². The first-order valence-electron chi connectivity index (χ1n) is 8.38. The van der Waals surface area contributed by atoms with Crippen molar-refractivity contribution in [1.29, 1.82) is 0 Å². The first-order valence-corrected chi connectivity index (χ1v) is 8.38. The maximum absolute atomic E-state index is 3.65. The fraction of sp³-hybridized carbons (Fsp3) is 0.684. The molecule has 0 radical (unpaired) electrons. The number of aryl methyl sites for hydroxylation is 1. The lowest BCUT2D eigenvalue weighted by Gasteiger charge is -2.19. The van der Waals surface area contributed by atoms with Crippen molar-refractivity contribution in [2.24, 2.45) is 11.8 Å². The fourth-order valence-corrected chi connectivity index (χ4v) is 2.69. The van der Waals surface area contributed by atoms with Crippen LogP contribution in [0.1, 0.15) is 57.6 Å². The van der Waals surface area contributed by atoms with Crippen molar-refractivity contribution in [2.75, 3.05) is 13.1 Å². The quantitative estimate of drug-likeness (QED) is 0.594. The first kappa shape index (κ1) is 17.2. The molecule has 1 nitrogen and oxygen atoms in total. The summed E-state index contributed by atoms with van der Waals surface area (Å²) in [7, 11) is 0. The zero-order chi connectivity index (χ0) is 14.8. The van der Waals surface area contributed by atoms with Crippen LogP contribution in [0.2, 0.25) is 0 Å². The van der Waals surface area contributed by atoms with E-state index in [2.05, 4.69) is 57.3 Å². The van der Waals surface area contributed by atoms with Gasteiger partial charge >= 0.3 is 0 Å². The molecule has 0 amide bonds. The molecular weight excluding hydrogens is 242 g/mol. The largest absolute Gasteiger partial charge is 0.316 e. The van der Waals surface area contributed by atoms with Gasteiger partial charge in [-0.1, -0.05) is 64.3 Å². The molecule has 0 aliphatic heterocycles. The zero-order valence-corrected chi connectivity index (χ0v) is 13.9. The van der Waals surface area contributed by atoms with Crippen LogP contribution >= 0.6 is 0 Å². The third-order valence-electron chi connectivity index (χ3n) is 3.97. The van der Waals surface area contributed by atoms with Gasteiger partial charge in [-0.25, -0.2) is 0 Å². The Morgan fingerprint density at radius 3 is 2.45 bits per heavy atom. The van der Waals surface area contributed by atoms with E-state index in [0.717, 1.165) is 24.9 Å². The number of hydrogen-bond acceptors (Lipinski definition) is 1. The minimum Gasteiger partial charge on any atom is -0.316 e. The smallest absolute Gasteiger partial charge is 0.00172 e. The molecule has 1 aromatic carbocycles. The monoisotopic (exact) mass is 275 g/mol.